The van der Waals surface area contributed by atoms with Crippen LogP contribution >= 0.6 is 0 Å². The molecule has 0 unspecified atom stereocenters. The molecule has 0 bridgehead atoms. The lowest BCUT2D eigenvalue weighted by Crippen LogP contribution is -2.31. The number of nitrogens with one attached hydrogen (secondary N) is 2. The number of methoxy groups -OCH3 is 2. The first-order valence-corrected chi connectivity index (χ1v) is 9.47. The predicted octanol–water partition coefficient (Wildman–Crippen LogP) is 3.30. The minimum Gasteiger partial charge on any atom is -0.493 e. The molecule has 1 aliphatic carbocycles. The average molecular weight is 364 g/mol. The summed E-state index contributed by atoms with van der Waals surface area (Å²) in [4.78, 5) is 4.79. The molecule has 0 amide bonds. The Labute approximate surface area is 157 Å². The molecule has 1 aromatic carbocycles. The number of nitrogens with zero attached hydrogens (tertiary/aromatic N) is 1. The fourth-order valence-corrected chi connectivity index (χ4v) is 2.73. The van der Waals surface area contributed by atoms with Crippen molar-refractivity contribution in [1.29, 1.82) is 0 Å². The minimum atomic E-state index is 0.338. The van der Waals surface area contributed by atoms with Gasteiger partial charge in [-0.3, -0.25) is 4.99 Å². The SMILES string of the molecule is CCNC(=NCC1(CCOC)CC1)Nc1cccc(OCCCOC)c1. The van der Waals surface area contributed by atoms with E-state index in [-0.39, 0.29) is 0 Å². The number of benzene rings is 1. The van der Waals surface area contributed by atoms with Crippen LogP contribution in [0, 0.1) is 5.41 Å². The second-order valence-electron chi connectivity index (χ2n) is 6.79. The molecule has 0 heterocycles. The van der Waals surface area contributed by atoms with Gasteiger partial charge in [0.05, 0.1) is 6.61 Å². The number of rotatable bonds is 12. The largest absolute Gasteiger partial charge is 0.493 e. The van der Waals surface area contributed by atoms with Crippen molar-refractivity contribution >= 4 is 11.6 Å². The van der Waals surface area contributed by atoms with Crippen LogP contribution in [0.3, 0.4) is 0 Å². The van der Waals surface area contributed by atoms with Crippen LogP contribution in [0.15, 0.2) is 29.3 Å². The van der Waals surface area contributed by atoms with E-state index >= 15 is 0 Å². The summed E-state index contributed by atoms with van der Waals surface area (Å²) in [6.07, 6.45) is 4.44. The van der Waals surface area contributed by atoms with Crippen molar-refractivity contribution in [3.05, 3.63) is 24.3 Å². The van der Waals surface area contributed by atoms with Gasteiger partial charge in [0.2, 0.25) is 0 Å². The van der Waals surface area contributed by atoms with Gasteiger partial charge < -0.3 is 24.8 Å². The van der Waals surface area contributed by atoms with Crippen molar-refractivity contribution in [1.82, 2.24) is 5.32 Å². The number of ether oxygens (including phenoxy) is 3. The molecule has 1 aliphatic rings. The van der Waals surface area contributed by atoms with Crippen LogP contribution in [0.5, 0.6) is 5.75 Å². The van der Waals surface area contributed by atoms with Crippen molar-refractivity contribution in [2.75, 3.05) is 52.4 Å². The quantitative estimate of drug-likeness (QED) is 0.339. The van der Waals surface area contributed by atoms with Gasteiger partial charge in [-0.05, 0) is 43.7 Å². The van der Waals surface area contributed by atoms with Crippen LogP contribution in [0.1, 0.15) is 32.6 Å². The summed E-state index contributed by atoms with van der Waals surface area (Å²) in [5.41, 5.74) is 1.31. The smallest absolute Gasteiger partial charge is 0.195 e. The lowest BCUT2D eigenvalue weighted by Gasteiger charge is -2.15. The second kappa shape index (κ2) is 11.0. The molecule has 1 aromatic rings. The van der Waals surface area contributed by atoms with E-state index in [1.165, 1.54) is 12.8 Å². The Morgan fingerprint density at radius 1 is 1.15 bits per heavy atom. The topological polar surface area (TPSA) is 64.1 Å². The van der Waals surface area contributed by atoms with E-state index in [0.29, 0.717) is 18.6 Å². The van der Waals surface area contributed by atoms with Crippen molar-refractivity contribution < 1.29 is 14.2 Å². The zero-order chi connectivity index (χ0) is 18.7. The number of anilines is 1. The zero-order valence-corrected chi connectivity index (χ0v) is 16.3. The molecule has 0 aromatic heterocycles. The third kappa shape index (κ3) is 7.22. The molecule has 0 radical (unpaired) electrons. The molecular formula is C20H33N3O3. The molecule has 1 fully saturated rings. The Bertz CT molecular complexity index is 559. The maximum atomic E-state index is 5.76. The van der Waals surface area contributed by atoms with Gasteiger partial charge in [-0.25, -0.2) is 0 Å². The van der Waals surface area contributed by atoms with Crippen LogP contribution in [0.25, 0.3) is 0 Å². The molecule has 1 saturated carbocycles. The highest BCUT2D eigenvalue weighted by molar-refractivity contribution is 5.93. The van der Waals surface area contributed by atoms with E-state index in [1.54, 1.807) is 14.2 Å². The highest BCUT2D eigenvalue weighted by atomic mass is 16.5. The molecule has 0 spiro atoms. The summed E-state index contributed by atoms with van der Waals surface area (Å²) in [5.74, 6) is 1.66. The van der Waals surface area contributed by atoms with Crippen LogP contribution in [0.4, 0.5) is 5.69 Å². The van der Waals surface area contributed by atoms with Crippen molar-refractivity contribution in [2.45, 2.75) is 32.6 Å². The second-order valence-corrected chi connectivity index (χ2v) is 6.79. The lowest BCUT2D eigenvalue weighted by atomic mass is 10.0. The number of guanidine groups is 1. The predicted molar refractivity (Wildman–Crippen MR) is 106 cm³/mol. The summed E-state index contributed by atoms with van der Waals surface area (Å²) in [7, 11) is 3.46. The summed E-state index contributed by atoms with van der Waals surface area (Å²) in [6, 6.07) is 7.97. The molecule has 2 rings (SSSR count). The third-order valence-corrected chi connectivity index (χ3v) is 4.57. The number of hydrogen-bond donors (Lipinski definition) is 2. The fourth-order valence-electron chi connectivity index (χ4n) is 2.73. The van der Waals surface area contributed by atoms with Crippen LogP contribution in [-0.4, -0.2) is 53.1 Å². The van der Waals surface area contributed by atoms with E-state index in [4.69, 9.17) is 19.2 Å². The molecule has 26 heavy (non-hydrogen) atoms. The van der Waals surface area contributed by atoms with Gasteiger partial charge >= 0.3 is 0 Å². The van der Waals surface area contributed by atoms with E-state index in [1.807, 2.05) is 24.3 Å². The van der Waals surface area contributed by atoms with E-state index in [9.17, 15) is 0 Å². The standard InChI is InChI=1S/C20H33N3O3/c1-4-21-19(22-16-20(9-10-20)11-14-25-3)23-17-7-5-8-18(15-17)26-13-6-12-24-2/h5,7-8,15H,4,6,9-14,16H2,1-3H3,(H2,21,22,23). The number of hydrogen-bond acceptors (Lipinski definition) is 4. The van der Waals surface area contributed by atoms with Crippen LogP contribution in [-0.2, 0) is 9.47 Å². The molecule has 146 valence electrons. The third-order valence-electron chi connectivity index (χ3n) is 4.57. The summed E-state index contributed by atoms with van der Waals surface area (Å²) in [6.45, 7) is 5.89. The Balaban J connectivity index is 1.91. The van der Waals surface area contributed by atoms with Gasteiger partial charge in [0.1, 0.15) is 5.75 Å². The first-order valence-electron chi connectivity index (χ1n) is 9.47. The van der Waals surface area contributed by atoms with Crippen molar-refractivity contribution in [2.24, 2.45) is 10.4 Å². The van der Waals surface area contributed by atoms with Crippen molar-refractivity contribution in [3.8, 4) is 5.75 Å². The molecule has 6 heteroatoms. The Morgan fingerprint density at radius 3 is 2.65 bits per heavy atom. The van der Waals surface area contributed by atoms with Gasteiger partial charge in [0, 0.05) is 58.7 Å². The normalized spacial score (nSPS) is 15.6. The molecular weight excluding hydrogens is 330 g/mol. The first-order chi connectivity index (χ1) is 12.7. The minimum absolute atomic E-state index is 0.338. The molecule has 2 N–H and O–H groups in total. The van der Waals surface area contributed by atoms with Gasteiger partial charge in [-0.1, -0.05) is 6.07 Å². The number of aliphatic imine (C=N–C) groups is 1. The Hall–Kier alpha value is -1.79. The van der Waals surface area contributed by atoms with Crippen LogP contribution < -0.4 is 15.4 Å². The highest BCUT2D eigenvalue weighted by Crippen LogP contribution is 2.48. The molecule has 0 atom stereocenters. The van der Waals surface area contributed by atoms with Gasteiger partial charge in [-0.2, -0.15) is 0 Å². The Morgan fingerprint density at radius 2 is 1.96 bits per heavy atom. The van der Waals surface area contributed by atoms with E-state index in [0.717, 1.165) is 49.9 Å². The van der Waals surface area contributed by atoms with Gasteiger partial charge in [-0.15, -0.1) is 0 Å². The Kier molecular flexibility index (Phi) is 8.71. The summed E-state index contributed by atoms with van der Waals surface area (Å²) >= 11 is 0. The fraction of sp³-hybridized carbons (Fsp3) is 0.650. The highest BCUT2D eigenvalue weighted by Gasteiger charge is 2.41. The maximum absolute atomic E-state index is 5.76. The molecule has 0 aliphatic heterocycles. The van der Waals surface area contributed by atoms with E-state index in [2.05, 4.69) is 17.6 Å². The monoisotopic (exact) mass is 363 g/mol. The first kappa shape index (κ1) is 20.5. The lowest BCUT2D eigenvalue weighted by molar-refractivity contribution is 0.172. The van der Waals surface area contributed by atoms with Crippen molar-refractivity contribution in [3.63, 3.8) is 0 Å². The van der Waals surface area contributed by atoms with Crippen LogP contribution in [0.2, 0.25) is 0 Å². The average Bonchev–Trinajstić information content (AvgIpc) is 3.43. The van der Waals surface area contributed by atoms with E-state index < -0.39 is 0 Å². The summed E-state index contributed by atoms with van der Waals surface area (Å²) in [5, 5.41) is 6.70. The zero-order valence-electron chi connectivity index (χ0n) is 16.3. The maximum Gasteiger partial charge on any atom is 0.195 e. The van der Waals surface area contributed by atoms with Gasteiger partial charge in [0.25, 0.3) is 0 Å². The molecule has 6 nitrogen and oxygen atoms in total. The van der Waals surface area contributed by atoms with Gasteiger partial charge in [0.15, 0.2) is 5.96 Å². The summed E-state index contributed by atoms with van der Waals surface area (Å²) < 4.78 is 16.0. The molecule has 0 saturated heterocycles.